The second-order valence-corrected chi connectivity index (χ2v) is 4.81. The standard InChI is InChI=1S/C13H17N5O2/c1-9(2)6-18-12(16-8-17-18)7-20-13(19)11-4-3-10(14)5-15-11/h3-5,8-9H,6-7,14H2,1-2H3. The zero-order chi connectivity index (χ0) is 14.5. The molecule has 0 fully saturated rings. The van der Waals surface area contributed by atoms with E-state index < -0.39 is 5.97 Å². The van der Waals surface area contributed by atoms with Gasteiger partial charge in [0.25, 0.3) is 0 Å². The van der Waals surface area contributed by atoms with Crippen molar-refractivity contribution in [2.45, 2.75) is 27.0 Å². The maximum absolute atomic E-state index is 11.8. The van der Waals surface area contributed by atoms with Gasteiger partial charge < -0.3 is 10.5 Å². The first-order chi connectivity index (χ1) is 9.56. The van der Waals surface area contributed by atoms with E-state index >= 15 is 0 Å². The molecule has 7 nitrogen and oxygen atoms in total. The van der Waals surface area contributed by atoms with Crippen LogP contribution >= 0.6 is 0 Å². The Morgan fingerprint density at radius 2 is 2.20 bits per heavy atom. The van der Waals surface area contributed by atoms with Gasteiger partial charge in [-0.2, -0.15) is 5.10 Å². The van der Waals surface area contributed by atoms with Crippen LogP contribution in [0.3, 0.4) is 0 Å². The van der Waals surface area contributed by atoms with E-state index in [0.29, 0.717) is 17.4 Å². The van der Waals surface area contributed by atoms with Crippen molar-refractivity contribution in [2.24, 2.45) is 5.92 Å². The third-order valence-corrected chi connectivity index (χ3v) is 2.56. The SMILES string of the molecule is CC(C)Cn1ncnc1COC(=O)c1ccc(N)cn1. The number of nitrogen functional groups attached to an aromatic ring is 1. The number of carbonyl (C=O) groups excluding carboxylic acids is 1. The lowest BCUT2D eigenvalue weighted by atomic mass is 10.2. The summed E-state index contributed by atoms with van der Waals surface area (Å²) in [7, 11) is 0. The smallest absolute Gasteiger partial charge is 0.357 e. The fraction of sp³-hybridized carbons (Fsp3) is 0.385. The maximum Gasteiger partial charge on any atom is 0.357 e. The summed E-state index contributed by atoms with van der Waals surface area (Å²) in [5.41, 5.74) is 6.22. The van der Waals surface area contributed by atoms with Crippen LogP contribution in [0, 0.1) is 5.92 Å². The molecule has 0 radical (unpaired) electrons. The molecule has 0 saturated carbocycles. The molecule has 2 aromatic rings. The third kappa shape index (κ3) is 3.53. The molecule has 2 aromatic heterocycles. The molecule has 20 heavy (non-hydrogen) atoms. The normalized spacial score (nSPS) is 10.8. The van der Waals surface area contributed by atoms with Crippen LogP contribution in [0.4, 0.5) is 5.69 Å². The molecule has 2 heterocycles. The Balaban J connectivity index is 1.96. The van der Waals surface area contributed by atoms with E-state index in [4.69, 9.17) is 10.5 Å². The predicted molar refractivity (Wildman–Crippen MR) is 72.6 cm³/mol. The lowest BCUT2D eigenvalue weighted by Crippen LogP contribution is -2.14. The van der Waals surface area contributed by atoms with Crippen molar-refractivity contribution >= 4 is 11.7 Å². The Hall–Kier alpha value is -2.44. The largest absolute Gasteiger partial charge is 0.453 e. The van der Waals surface area contributed by atoms with Crippen LogP contribution in [-0.4, -0.2) is 25.7 Å². The molecule has 106 valence electrons. The molecular formula is C13H17N5O2. The first kappa shape index (κ1) is 14.0. The first-order valence-corrected chi connectivity index (χ1v) is 6.31. The number of rotatable bonds is 5. The summed E-state index contributed by atoms with van der Waals surface area (Å²) in [4.78, 5) is 19.8. The van der Waals surface area contributed by atoms with E-state index in [9.17, 15) is 4.79 Å². The fourth-order valence-electron chi connectivity index (χ4n) is 1.63. The van der Waals surface area contributed by atoms with E-state index in [2.05, 4.69) is 28.9 Å². The van der Waals surface area contributed by atoms with Gasteiger partial charge in [0.1, 0.15) is 12.0 Å². The predicted octanol–water partition coefficient (Wildman–Crippen LogP) is 1.27. The Morgan fingerprint density at radius 1 is 1.40 bits per heavy atom. The van der Waals surface area contributed by atoms with Crippen molar-refractivity contribution in [3.05, 3.63) is 36.2 Å². The third-order valence-electron chi connectivity index (χ3n) is 2.56. The highest BCUT2D eigenvalue weighted by atomic mass is 16.5. The molecule has 0 atom stereocenters. The summed E-state index contributed by atoms with van der Waals surface area (Å²) in [6, 6.07) is 3.13. The van der Waals surface area contributed by atoms with Crippen molar-refractivity contribution in [2.75, 3.05) is 5.73 Å². The maximum atomic E-state index is 11.8. The molecule has 0 unspecified atom stereocenters. The number of carbonyl (C=O) groups is 1. The molecule has 2 rings (SSSR count). The van der Waals surface area contributed by atoms with E-state index in [1.54, 1.807) is 10.7 Å². The van der Waals surface area contributed by atoms with Gasteiger partial charge in [-0.05, 0) is 18.1 Å². The van der Waals surface area contributed by atoms with Crippen LogP contribution in [0.15, 0.2) is 24.7 Å². The average molecular weight is 275 g/mol. The average Bonchev–Trinajstić information content (AvgIpc) is 2.83. The lowest BCUT2D eigenvalue weighted by molar-refractivity contribution is 0.0449. The van der Waals surface area contributed by atoms with E-state index in [1.807, 2.05) is 0 Å². The van der Waals surface area contributed by atoms with Crippen LogP contribution < -0.4 is 5.73 Å². The molecule has 0 spiro atoms. The molecule has 0 bridgehead atoms. The molecule has 2 N–H and O–H groups in total. The van der Waals surface area contributed by atoms with Crippen LogP contribution in [-0.2, 0) is 17.9 Å². The summed E-state index contributed by atoms with van der Waals surface area (Å²) < 4.78 is 6.90. The summed E-state index contributed by atoms with van der Waals surface area (Å²) in [5, 5.41) is 4.10. The molecule has 0 aliphatic rings. The van der Waals surface area contributed by atoms with Crippen LogP contribution in [0.1, 0.15) is 30.2 Å². The minimum Gasteiger partial charge on any atom is -0.453 e. The van der Waals surface area contributed by atoms with Gasteiger partial charge >= 0.3 is 5.97 Å². The highest BCUT2D eigenvalue weighted by Crippen LogP contribution is 2.06. The number of esters is 1. The minimum atomic E-state index is -0.510. The highest BCUT2D eigenvalue weighted by Gasteiger charge is 2.12. The number of pyridine rings is 1. The number of hydrogen-bond acceptors (Lipinski definition) is 6. The second kappa shape index (κ2) is 6.14. The summed E-state index contributed by atoms with van der Waals surface area (Å²) in [6.07, 6.45) is 2.87. The monoisotopic (exact) mass is 275 g/mol. The lowest BCUT2D eigenvalue weighted by Gasteiger charge is -2.08. The van der Waals surface area contributed by atoms with Crippen molar-refractivity contribution < 1.29 is 9.53 Å². The van der Waals surface area contributed by atoms with Gasteiger partial charge in [0.15, 0.2) is 12.4 Å². The van der Waals surface area contributed by atoms with E-state index in [-0.39, 0.29) is 12.3 Å². The molecule has 0 saturated heterocycles. The number of hydrogen-bond donors (Lipinski definition) is 1. The second-order valence-electron chi connectivity index (χ2n) is 4.81. The number of ether oxygens (including phenoxy) is 1. The van der Waals surface area contributed by atoms with Gasteiger partial charge in [0.2, 0.25) is 0 Å². The Bertz CT molecular complexity index is 577. The van der Waals surface area contributed by atoms with E-state index in [1.165, 1.54) is 18.6 Å². The zero-order valence-electron chi connectivity index (χ0n) is 11.5. The Kier molecular flexibility index (Phi) is 4.29. The molecular weight excluding hydrogens is 258 g/mol. The molecule has 0 amide bonds. The Labute approximate surface area is 116 Å². The molecule has 0 aromatic carbocycles. The van der Waals surface area contributed by atoms with E-state index in [0.717, 1.165) is 6.54 Å². The van der Waals surface area contributed by atoms with Gasteiger partial charge in [-0.25, -0.2) is 19.4 Å². The van der Waals surface area contributed by atoms with Gasteiger partial charge in [-0.3, -0.25) is 0 Å². The number of nitrogens with zero attached hydrogens (tertiary/aromatic N) is 4. The zero-order valence-corrected chi connectivity index (χ0v) is 11.5. The summed E-state index contributed by atoms with van der Waals surface area (Å²) >= 11 is 0. The molecule has 7 heteroatoms. The van der Waals surface area contributed by atoms with Crippen molar-refractivity contribution in [3.8, 4) is 0 Å². The molecule has 0 aliphatic heterocycles. The minimum absolute atomic E-state index is 0.0671. The Morgan fingerprint density at radius 3 is 2.85 bits per heavy atom. The summed E-state index contributed by atoms with van der Waals surface area (Å²) in [6.45, 7) is 4.95. The number of nitrogens with two attached hydrogens (primary N) is 1. The highest BCUT2D eigenvalue weighted by molar-refractivity contribution is 5.87. The van der Waals surface area contributed by atoms with Crippen molar-refractivity contribution in [1.82, 2.24) is 19.7 Å². The summed E-state index contributed by atoms with van der Waals surface area (Å²) in [5.74, 6) is 0.538. The van der Waals surface area contributed by atoms with Gasteiger partial charge in [0.05, 0.1) is 11.9 Å². The van der Waals surface area contributed by atoms with Gasteiger partial charge in [-0.15, -0.1) is 0 Å². The van der Waals surface area contributed by atoms with Crippen LogP contribution in [0.5, 0.6) is 0 Å². The van der Waals surface area contributed by atoms with Crippen LogP contribution in [0.2, 0.25) is 0 Å². The van der Waals surface area contributed by atoms with Gasteiger partial charge in [-0.1, -0.05) is 13.8 Å². The number of aromatic nitrogens is 4. The van der Waals surface area contributed by atoms with Crippen LogP contribution in [0.25, 0.3) is 0 Å². The fourth-order valence-corrected chi connectivity index (χ4v) is 1.63. The quantitative estimate of drug-likeness (QED) is 0.825. The first-order valence-electron chi connectivity index (χ1n) is 6.31. The van der Waals surface area contributed by atoms with Gasteiger partial charge in [0, 0.05) is 6.54 Å². The van der Waals surface area contributed by atoms with Crippen molar-refractivity contribution in [1.29, 1.82) is 0 Å². The molecule has 0 aliphatic carbocycles. The van der Waals surface area contributed by atoms with Crippen molar-refractivity contribution in [3.63, 3.8) is 0 Å². The topological polar surface area (TPSA) is 95.9 Å². The number of anilines is 1.